The van der Waals surface area contributed by atoms with Crippen molar-refractivity contribution < 1.29 is 14.7 Å². The van der Waals surface area contributed by atoms with Crippen molar-refractivity contribution in [3.63, 3.8) is 0 Å². The third kappa shape index (κ3) is 4.11. The number of carbonyl (C=O) groups is 2. The number of aromatic carboxylic acids is 1. The molecule has 1 amide bonds. The molecule has 1 aromatic heterocycles. The first-order chi connectivity index (χ1) is 9.54. The third-order valence-corrected chi connectivity index (χ3v) is 4.75. The zero-order valence-electron chi connectivity index (χ0n) is 10.8. The van der Waals surface area contributed by atoms with E-state index in [1.165, 1.54) is 18.3 Å². The predicted molar refractivity (Wildman–Crippen MR) is 81.6 cm³/mol. The number of hydrogen-bond acceptors (Lipinski definition) is 4. The Kier molecular flexibility index (Phi) is 4.81. The summed E-state index contributed by atoms with van der Waals surface area (Å²) in [6.45, 7) is 1.47. The highest BCUT2D eigenvalue weighted by Crippen LogP contribution is 2.27. The minimum atomic E-state index is -0.883. The van der Waals surface area contributed by atoms with Gasteiger partial charge in [0.15, 0.2) is 0 Å². The average molecular weight is 307 g/mol. The second-order valence-electron chi connectivity index (χ2n) is 4.07. The normalized spacial score (nSPS) is 10.2. The van der Waals surface area contributed by atoms with E-state index in [9.17, 15) is 9.59 Å². The highest BCUT2D eigenvalue weighted by atomic mass is 32.2. The summed E-state index contributed by atoms with van der Waals surface area (Å²) in [5, 5.41) is 11.6. The van der Waals surface area contributed by atoms with Crippen LogP contribution in [0.25, 0.3) is 0 Å². The monoisotopic (exact) mass is 307 g/mol. The number of anilines is 1. The maximum atomic E-state index is 10.9. The zero-order valence-corrected chi connectivity index (χ0v) is 12.4. The summed E-state index contributed by atoms with van der Waals surface area (Å²) in [7, 11) is 0. The average Bonchev–Trinajstić information content (AvgIpc) is 2.86. The Hall–Kier alpha value is -1.79. The minimum Gasteiger partial charge on any atom is -0.477 e. The molecule has 0 aliphatic heterocycles. The van der Waals surface area contributed by atoms with Gasteiger partial charge in [-0.1, -0.05) is 0 Å². The van der Waals surface area contributed by atoms with E-state index in [1.807, 2.05) is 30.3 Å². The Labute approximate surface area is 124 Å². The molecule has 4 nitrogen and oxygen atoms in total. The molecule has 0 atom stereocenters. The second kappa shape index (κ2) is 6.58. The molecule has 0 fully saturated rings. The Morgan fingerprint density at radius 1 is 1.20 bits per heavy atom. The van der Waals surface area contributed by atoms with E-state index in [4.69, 9.17) is 5.11 Å². The molecular formula is C14H13NO3S2. The molecule has 2 N–H and O–H groups in total. The molecular weight excluding hydrogens is 294 g/mol. The Morgan fingerprint density at radius 2 is 1.90 bits per heavy atom. The molecule has 2 aromatic rings. The van der Waals surface area contributed by atoms with Gasteiger partial charge in [-0.25, -0.2) is 4.79 Å². The van der Waals surface area contributed by atoms with Crippen LogP contribution in [-0.4, -0.2) is 17.0 Å². The van der Waals surface area contributed by atoms with E-state index in [2.05, 4.69) is 5.32 Å². The topological polar surface area (TPSA) is 66.4 Å². The molecule has 2 rings (SSSR count). The van der Waals surface area contributed by atoms with Gasteiger partial charge >= 0.3 is 5.97 Å². The van der Waals surface area contributed by atoms with E-state index in [0.29, 0.717) is 4.88 Å². The molecule has 1 aromatic carbocycles. The minimum absolute atomic E-state index is 0.0924. The van der Waals surface area contributed by atoms with Crippen molar-refractivity contribution in [2.45, 2.75) is 17.6 Å². The molecule has 0 aliphatic carbocycles. The van der Waals surface area contributed by atoms with Crippen molar-refractivity contribution in [1.82, 2.24) is 0 Å². The summed E-state index contributed by atoms with van der Waals surface area (Å²) in [5.74, 6) is -0.242. The van der Waals surface area contributed by atoms with Crippen LogP contribution in [0.4, 0.5) is 5.69 Å². The molecule has 0 saturated heterocycles. The molecule has 0 bridgehead atoms. The fourth-order valence-corrected chi connectivity index (χ4v) is 3.35. The number of carboxylic acids is 1. The summed E-state index contributed by atoms with van der Waals surface area (Å²) < 4.78 is 0. The van der Waals surface area contributed by atoms with Crippen molar-refractivity contribution in [1.29, 1.82) is 0 Å². The molecule has 0 spiro atoms. The predicted octanol–water partition coefficient (Wildman–Crippen LogP) is 3.70. The van der Waals surface area contributed by atoms with E-state index in [1.54, 1.807) is 17.8 Å². The third-order valence-electron chi connectivity index (χ3n) is 2.43. The van der Waals surface area contributed by atoms with Crippen LogP contribution in [-0.2, 0) is 10.5 Å². The van der Waals surface area contributed by atoms with E-state index in [0.717, 1.165) is 21.2 Å². The number of nitrogens with one attached hydrogen (secondary N) is 1. The van der Waals surface area contributed by atoms with Crippen molar-refractivity contribution in [2.24, 2.45) is 0 Å². The Balaban J connectivity index is 1.93. The fraction of sp³-hybridized carbons (Fsp3) is 0.143. The van der Waals surface area contributed by atoms with Gasteiger partial charge in [-0.3, -0.25) is 4.79 Å². The summed E-state index contributed by atoms with van der Waals surface area (Å²) >= 11 is 2.93. The molecule has 0 radical (unpaired) electrons. The summed E-state index contributed by atoms with van der Waals surface area (Å²) in [5.41, 5.74) is 0.770. The number of rotatable bonds is 5. The number of thioether (sulfide) groups is 1. The number of carboxylic acid groups (broad SMARTS) is 1. The van der Waals surface area contributed by atoms with E-state index >= 15 is 0 Å². The fourth-order valence-electron chi connectivity index (χ4n) is 1.56. The zero-order chi connectivity index (χ0) is 14.5. The molecule has 20 heavy (non-hydrogen) atoms. The lowest BCUT2D eigenvalue weighted by molar-refractivity contribution is -0.114. The van der Waals surface area contributed by atoms with Gasteiger partial charge in [-0.2, -0.15) is 0 Å². The van der Waals surface area contributed by atoms with E-state index in [-0.39, 0.29) is 5.91 Å². The van der Waals surface area contributed by atoms with Gasteiger partial charge < -0.3 is 10.4 Å². The SMILES string of the molecule is CC(=O)Nc1ccc(SCc2ccc(C(=O)O)s2)cc1. The largest absolute Gasteiger partial charge is 0.477 e. The number of hydrogen-bond donors (Lipinski definition) is 2. The van der Waals surface area contributed by atoms with Crippen LogP contribution < -0.4 is 5.32 Å². The number of thiophene rings is 1. The van der Waals surface area contributed by atoms with Crippen LogP contribution >= 0.6 is 23.1 Å². The summed E-state index contributed by atoms with van der Waals surface area (Å²) in [6, 6.07) is 11.0. The van der Waals surface area contributed by atoms with Gasteiger partial charge in [0.05, 0.1) is 0 Å². The molecule has 0 unspecified atom stereocenters. The lowest BCUT2D eigenvalue weighted by atomic mass is 10.3. The van der Waals surface area contributed by atoms with Gasteiger partial charge in [-0.05, 0) is 36.4 Å². The van der Waals surface area contributed by atoms with Gasteiger partial charge in [0, 0.05) is 28.1 Å². The maximum absolute atomic E-state index is 10.9. The second-order valence-corrected chi connectivity index (χ2v) is 6.28. The van der Waals surface area contributed by atoms with Crippen molar-refractivity contribution >= 4 is 40.7 Å². The van der Waals surface area contributed by atoms with Gasteiger partial charge in [0.1, 0.15) is 4.88 Å². The van der Waals surface area contributed by atoms with Crippen LogP contribution in [0.15, 0.2) is 41.3 Å². The first-order valence-electron chi connectivity index (χ1n) is 5.87. The number of amides is 1. The summed E-state index contributed by atoms with van der Waals surface area (Å²) in [4.78, 5) is 24.1. The molecule has 104 valence electrons. The van der Waals surface area contributed by atoms with Crippen molar-refractivity contribution in [2.75, 3.05) is 5.32 Å². The highest BCUT2D eigenvalue weighted by Gasteiger charge is 2.07. The molecule has 0 aliphatic rings. The first-order valence-corrected chi connectivity index (χ1v) is 7.67. The molecule has 6 heteroatoms. The number of benzene rings is 1. The highest BCUT2D eigenvalue weighted by molar-refractivity contribution is 7.98. The molecule has 1 heterocycles. The van der Waals surface area contributed by atoms with Crippen LogP contribution in [0, 0.1) is 0 Å². The van der Waals surface area contributed by atoms with Gasteiger partial charge in [0.25, 0.3) is 0 Å². The molecule has 0 saturated carbocycles. The van der Waals surface area contributed by atoms with Crippen molar-refractivity contribution in [3.05, 3.63) is 46.2 Å². The lowest BCUT2D eigenvalue weighted by Gasteiger charge is -2.03. The quantitative estimate of drug-likeness (QED) is 0.827. The standard InChI is InChI=1S/C14H13NO3S2/c1-9(16)15-10-2-4-11(5-3-10)19-8-12-6-7-13(20-12)14(17)18/h2-7H,8H2,1H3,(H,15,16)(H,17,18). The maximum Gasteiger partial charge on any atom is 0.345 e. The van der Waals surface area contributed by atoms with Crippen LogP contribution in [0.1, 0.15) is 21.5 Å². The van der Waals surface area contributed by atoms with Crippen molar-refractivity contribution in [3.8, 4) is 0 Å². The lowest BCUT2D eigenvalue weighted by Crippen LogP contribution is -2.05. The van der Waals surface area contributed by atoms with Crippen LogP contribution in [0.3, 0.4) is 0 Å². The van der Waals surface area contributed by atoms with E-state index < -0.39 is 5.97 Å². The van der Waals surface area contributed by atoms with Crippen LogP contribution in [0.5, 0.6) is 0 Å². The Bertz CT molecular complexity index is 620. The Morgan fingerprint density at radius 3 is 2.45 bits per heavy atom. The van der Waals surface area contributed by atoms with Crippen LogP contribution in [0.2, 0.25) is 0 Å². The first kappa shape index (κ1) is 14.6. The van der Waals surface area contributed by atoms with Gasteiger partial charge in [-0.15, -0.1) is 23.1 Å². The summed E-state index contributed by atoms with van der Waals surface area (Å²) in [6.07, 6.45) is 0. The van der Waals surface area contributed by atoms with Gasteiger partial charge in [0.2, 0.25) is 5.91 Å². The smallest absolute Gasteiger partial charge is 0.345 e. The number of carbonyl (C=O) groups excluding carboxylic acids is 1.